The Kier molecular flexibility index (Phi) is 3.76. The van der Waals surface area contributed by atoms with Gasteiger partial charge in [-0.15, -0.1) is 11.3 Å². The maximum atomic E-state index is 11.2. The molecule has 0 aliphatic rings. The van der Waals surface area contributed by atoms with Gasteiger partial charge in [-0.2, -0.15) is 0 Å². The molecule has 1 N–H and O–H groups in total. The SMILES string of the molecule is CC(=O)c1cccc(NCc2cnc(Cl)s2)c1. The number of rotatable bonds is 4. The Bertz CT molecular complexity index is 539. The first-order valence-corrected chi connectivity index (χ1v) is 6.29. The zero-order chi connectivity index (χ0) is 12.3. The summed E-state index contributed by atoms with van der Waals surface area (Å²) in [4.78, 5) is 16.2. The summed E-state index contributed by atoms with van der Waals surface area (Å²) in [6, 6.07) is 7.43. The zero-order valence-electron chi connectivity index (χ0n) is 9.24. The van der Waals surface area contributed by atoms with Crippen LogP contribution >= 0.6 is 22.9 Å². The number of anilines is 1. The lowest BCUT2D eigenvalue weighted by Crippen LogP contribution is -1.99. The van der Waals surface area contributed by atoms with Crippen molar-refractivity contribution in [2.45, 2.75) is 13.5 Å². The number of hydrogen-bond donors (Lipinski definition) is 1. The molecular weight excluding hydrogens is 256 g/mol. The number of nitrogens with zero attached hydrogens (tertiary/aromatic N) is 1. The molecule has 0 amide bonds. The zero-order valence-corrected chi connectivity index (χ0v) is 10.8. The van der Waals surface area contributed by atoms with Crippen LogP contribution in [0.4, 0.5) is 5.69 Å². The van der Waals surface area contributed by atoms with E-state index in [2.05, 4.69) is 10.3 Å². The van der Waals surface area contributed by atoms with Crippen LogP contribution in [0.25, 0.3) is 0 Å². The summed E-state index contributed by atoms with van der Waals surface area (Å²) in [6.07, 6.45) is 1.74. The van der Waals surface area contributed by atoms with Crippen molar-refractivity contribution in [3.63, 3.8) is 0 Å². The Morgan fingerprint density at radius 1 is 1.53 bits per heavy atom. The van der Waals surface area contributed by atoms with E-state index in [-0.39, 0.29) is 5.78 Å². The van der Waals surface area contributed by atoms with E-state index in [0.717, 1.165) is 10.6 Å². The number of carbonyl (C=O) groups is 1. The summed E-state index contributed by atoms with van der Waals surface area (Å²) in [5, 5.41) is 3.23. The van der Waals surface area contributed by atoms with Crippen LogP contribution in [0, 0.1) is 0 Å². The van der Waals surface area contributed by atoms with Crippen LogP contribution < -0.4 is 5.32 Å². The summed E-state index contributed by atoms with van der Waals surface area (Å²) >= 11 is 7.19. The second kappa shape index (κ2) is 5.29. The van der Waals surface area contributed by atoms with Gasteiger partial charge in [-0.05, 0) is 19.1 Å². The molecule has 0 aliphatic heterocycles. The fourth-order valence-electron chi connectivity index (χ4n) is 1.40. The van der Waals surface area contributed by atoms with Crippen molar-refractivity contribution in [2.24, 2.45) is 0 Å². The normalized spacial score (nSPS) is 10.2. The van der Waals surface area contributed by atoms with Crippen LogP contribution in [0.3, 0.4) is 0 Å². The molecule has 2 aromatic rings. The molecule has 1 heterocycles. The number of ketones is 1. The number of nitrogens with one attached hydrogen (secondary N) is 1. The van der Waals surface area contributed by atoms with Gasteiger partial charge in [-0.3, -0.25) is 4.79 Å². The predicted molar refractivity (Wildman–Crippen MR) is 70.9 cm³/mol. The summed E-state index contributed by atoms with van der Waals surface area (Å²) in [5.74, 6) is 0.0643. The molecule has 0 saturated heterocycles. The quantitative estimate of drug-likeness (QED) is 0.860. The Labute approximate surface area is 108 Å². The molecule has 0 fully saturated rings. The second-order valence-corrected chi connectivity index (χ2v) is 5.27. The van der Waals surface area contributed by atoms with E-state index in [9.17, 15) is 4.79 Å². The van der Waals surface area contributed by atoms with Crippen molar-refractivity contribution in [3.05, 3.63) is 45.4 Å². The highest BCUT2D eigenvalue weighted by Crippen LogP contribution is 2.19. The molecule has 3 nitrogen and oxygen atoms in total. The second-order valence-electron chi connectivity index (χ2n) is 3.57. The monoisotopic (exact) mass is 266 g/mol. The summed E-state index contributed by atoms with van der Waals surface area (Å²) < 4.78 is 0.541. The molecule has 5 heteroatoms. The van der Waals surface area contributed by atoms with Gasteiger partial charge in [0, 0.05) is 22.3 Å². The van der Waals surface area contributed by atoms with Crippen LogP contribution in [0.15, 0.2) is 30.5 Å². The number of aromatic nitrogens is 1. The van der Waals surface area contributed by atoms with Crippen molar-refractivity contribution in [1.82, 2.24) is 4.98 Å². The highest BCUT2D eigenvalue weighted by Gasteiger charge is 2.02. The van der Waals surface area contributed by atoms with Crippen molar-refractivity contribution in [2.75, 3.05) is 5.32 Å². The molecule has 0 radical (unpaired) electrons. The third kappa shape index (κ3) is 3.28. The van der Waals surface area contributed by atoms with Crippen LogP contribution in [-0.2, 0) is 6.54 Å². The highest BCUT2D eigenvalue weighted by atomic mass is 35.5. The van der Waals surface area contributed by atoms with Crippen molar-refractivity contribution in [3.8, 4) is 0 Å². The number of hydrogen-bond acceptors (Lipinski definition) is 4. The van der Waals surface area contributed by atoms with E-state index in [1.54, 1.807) is 19.2 Å². The molecule has 0 atom stereocenters. The van der Waals surface area contributed by atoms with Gasteiger partial charge in [0.15, 0.2) is 10.3 Å². The van der Waals surface area contributed by atoms with Crippen molar-refractivity contribution in [1.29, 1.82) is 0 Å². The molecular formula is C12H11ClN2OS. The van der Waals surface area contributed by atoms with Crippen LogP contribution in [0.1, 0.15) is 22.2 Å². The lowest BCUT2D eigenvalue weighted by Gasteiger charge is -2.05. The van der Waals surface area contributed by atoms with Crippen molar-refractivity contribution < 1.29 is 4.79 Å². The summed E-state index contributed by atoms with van der Waals surface area (Å²) in [7, 11) is 0. The van der Waals surface area contributed by atoms with Crippen molar-refractivity contribution >= 4 is 34.4 Å². The molecule has 0 bridgehead atoms. The Morgan fingerprint density at radius 3 is 3.00 bits per heavy atom. The Hall–Kier alpha value is -1.39. The molecule has 0 unspecified atom stereocenters. The maximum absolute atomic E-state index is 11.2. The standard InChI is InChI=1S/C12H11ClN2OS/c1-8(16)9-3-2-4-10(5-9)14-6-11-7-15-12(13)17-11/h2-5,7,14H,6H2,1H3. The van der Waals surface area contributed by atoms with Gasteiger partial charge in [0.2, 0.25) is 0 Å². The van der Waals surface area contributed by atoms with E-state index < -0.39 is 0 Å². The van der Waals surface area contributed by atoms with E-state index in [1.165, 1.54) is 11.3 Å². The Morgan fingerprint density at radius 2 is 2.35 bits per heavy atom. The maximum Gasteiger partial charge on any atom is 0.183 e. The molecule has 17 heavy (non-hydrogen) atoms. The summed E-state index contributed by atoms with van der Waals surface area (Å²) in [6.45, 7) is 2.22. The van der Waals surface area contributed by atoms with Gasteiger partial charge in [0.05, 0.1) is 6.54 Å². The molecule has 1 aromatic heterocycles. The molecule has 88 valence electrons. The minimum absolute atomic E-state index is 0.0643. The van der Waals surface area contributed by atoms with Gasteiger partial charge in [-0.25, -0.2) is 4.98 Å². The lowest BCUT2D eigenvalue weighted by molar-refractivity contribution is 0.101. The number of halogens is 1. The van der Waals surface area contributed by atoms with Crippen LogP contribution in [-0.4, -0.2) is 10.8 Å². The fraction of sp³-hybridized carbons (Fsp3) is 0.167. The molecule has 1 aromatic carbocycles. The van der Waals surface area contributed by atoms with Crippen LogP contribution in [0.2, 0.25) is 4.47 Å². The lowest BCUT2D eigenvalue weighted by atomic mass is 10.1. The van der Waals surface area contributed by atoms with Crippen LogP contribution in [0.5, 0.6) is 0 Å². The minimum Gasteiger partial charge on any atom is -0.380 e. The van der Waals surface area contributed by atoms with Gasteiger partial charge in [0.25, 0.3) is 0 Å². The highest BCUT2D eigenvalue weighted by molar-refractivity contribution is 7.15. The largest absolute Gasteiger partial charge is 0.380 e. The summed E-state index contributed by atoms with van der Waals surface area (Å²) in [5.41, 5.74) is 1.62. The molecule has 0 spiro atoms. The van der Waals surface area contributed by atoms with Gasteiger partial charge in [-0.1, -0.05) is 23.7 Å². The first-order valence-electron chi connectivity index (χ1n) is 5.10. The molecule has 2 rings (SSSR count). The number of thiazole rings is 1. The minimum atomic E-state index is 0.0643. The first kappa shape index (κ1) is 12.1. The third-order valence-corrected chi connectivity index (χ3v) is 3.38. The molecule has 0 saturated carbocycles. The number of carbonyl (C=O) groups excluding carboxylic acids is 1. The number of Topliss-reactive ketones (excluding diaryl/α,β-unsaturated/α-hetero) is 1. The smallest absolute Gasteiger partial charge is 0.183 e. The molecule has 0 aliphatic carbocycles. The first-order chi connectivity index (χ1) is 8.15. The Balaban J connectivity index is 2.04. The third-order valence-electron chi connectivity index (χ3n) is 2.26. The van der Waals surface area contributed by atoms with E-state index in [1.807, 2.05) is 18.2 Å². The number of benzene rings is 1. The van der Waals surface area contributed by atoms with E-state index in [4.69, 9.17) is 11.6 Å². The van der Waals surface area contributed by atoms with Gasteiger partial charge in [0.1, 0.15) is 0 Å². The fourth-order valence-corrected chi connectivity index (χ4v) is 2.32. The van der Waals surface area contributed by atoms with Gasteiger partial charge < -0.3 is 5.32 Å². The van der Waals surface area contributed by atoms with E-state index >= 15 is 0 Å². The predicted octanol–water partition coefficient (Wildman–Crippen LogP) is 3.61. The topological polar surface area (TPSA) is 42.0 Å². The van der Waals surface area contributed by atoms with Gasteiger partial charge >= 0.3 is 0 Å². The average molecular weight is 267 g/mol. The van der Waals surface area contributed by atoms with E-state index in [0.29, 0.717) is 16.6 Å². The average Bonchev–Trinajstić information content (AvgIpc) is 2.73.